The highest BCUT2D eigenvalue weighted by atomic mass is 32.1. The van der Waals surface area contributed by atoms with Crippen LogP contribution in [0, 0.1) is 12.7 Å². The van der Waals surface area contributed by atoms with Crippen LogP contribution in [-0.4, -0.2) is 26.2 Å². The number of methoxy groups -OCH3 is 1. The molecule has 0 aliphatic carbocycles. The Kier molecular flexibility index (Phi) is 7.23. The number of hydrogen-bond donors (Lipinski definition) is 1. The molecular formula is C27H23F4NO2S. The van der Waals surface area contributed by atoms with Gasteiger partial charge in [0.1, 0.15) is 5.82 Å². The monoisotopic (exact) mass is 501 g/mol. The van der Waals surface area contributed by atoms with Crippen LogP contribution in [0.3, 0.4) is 0 Å². The van der Waals surface area contributed by atoms with Crippen molar-refractivity contribution in [2.24, 2.45) is 0 Å². The number of thiophene rings is 1. The van der Waals surface area contributed by atoms with E-state index >= 15 is 0 Å². The predicted molar refractivity (Wildman–Crippen MR) is 130 cm³/mol. The second-order valence-electron chi connectivity index (χ2n) is 8.18. The number of fused-ring (bicyclic) bond motifs is 1. The van der Waals surface area contributed by atoms with E-state index in [4.69, 9.17) is 4.74 Å². The van der Waals surface area contributed by atoms with Gasteiger partial charge in [-0.05, 0) is 58.8 Å². The number of ether oxygens (including phenoxy) is 1. The molecule has 0 unspecified atom stereocenters. The number of carbonyl (C=O) groups is 1. The molecule has 0 bridgehead atoms. The molecule has 1 aromatic heterocycles. The van der Waals surface area contributed by atoms with Crippen molar-refractivity contribution in [3.63, 3.8) is 0 Å². The Morgan fingerprint density at radius 2 is 1.83 bits per heavy atom. The first-order valence-electron chi connectivity index (χ1n) is 10.9. The molecule has 182 valence electrons. The summed E-state index contributed by atoms with van der Waals surface area (Å²) in [5.74, 6) is -0.934. The Labute approximate surface area is 204 Å². The topological polar surface area (TPSA) is 38.3 Å². The van der Waals surface area contributed by atoms with Gasteiger partial charge in [0.2, 0.25) is 0 Å². The zero-order valence-electron chi connectivity index (χ0n) is 19.1. The van der Waals surface area contributed by atoms with Crippen LogP contribution in [-0.2, 0) is 17.3 Å². The van der Waals surface area contributed by atoms with Crippen molar-refractivity contribution < 1.29 is 27.1 Å². The highest BCUT2D eigenvalue weighted by molar-refractivity contribution is 7.19. The van der Waals surface area contributed by atoms with Crippen LogP contribution < -0.4 is 5.32 Å². The third kappa shape index (κ3) is 5.55. The molecule has 0 spiro atoms. The summed E-state index contributed by atoms with van der Waals surface area (Å²) in [4.78, 5) is 13.4. The van der Waals surface area contributed by atoms with Crippen LogP contribution in [0.1, 0.15) is 31.9 Å². The number of hydrogen-bond acceptors (Lipinski definition) is 3. The van der Waals surface area contributed by atoms with E-state index in [1.54, 1.807) is 12.1 Å². The van der Waals surface area contributed by atoms with Gasteiger partial charge in [-0.25, -0.2) is 4.39 Å². The van der Waals surface area contributed by atoms with Crippen molar-refractivity contribution >= 4 is 27.3 Å². The number of benzene rings is 3. The lowest BCUT2D eigenvalue weighted by Gasteiger charge is -2.09. The van der Waals surface area contributed by atoms with Crippen LogP contribution in [0.4, 0.5) is 17.6 Å². The molecule has 3 nitrogen and oxygen atoms in total. The fourth-order valence-corrected chi connectivity index (χ4v) is 5.35. The van der Waals surface area contributed by atoms with Gasteiger partial charge in [-0.1, -0.05) is 36.4 Å². The van der Waals surface area contributed by atoms with E-state index in [2.05, 4.69) is 5.32 Å². The van der Waals surface area contributed by atoms with Gasteiger partial charge in [0, 0.05) is 35.2 Å². The Morgan fingerprint density at radius 1 is 1.06 bits per heavy atom. The molecule has 8 heteroatoms. The van der Waals surface area contributed by atoms with E-state index in [0.29, 0.717) is 30.7 Å². The second kappa shape index (κ2) is 10.2. The highest BCUT2D eigenvalue weighted by Gasteiger charge is 2.30. The first-order valence-corrected chi connectivity index (χ1v) is 11.7. The van der Waals surface area contributed by atoms with Gasteiger partial charge in [-0.3, -0.25) is 4.79 Å². The highest BCUT2D eigenvalue weighted by Crippen LogP contribution is 2.39. The number of carbonyl (C=O) groups excluding carboxylic acids is 1. The Morgan fingerprint density at radius 3 is 2.57 bits per heavy atom. The third-order valence-electron chi connectivity index (χ3n) is 5.74. The molecule has 0 atom stereocenters. The van der Waals surface area contributed by atoms with Gasteiger partial charge >= 0.3 is 6.18 Å². The van der Waals surface area contributed by atoms with Gasteiger partial charge in [0.25, 0.3) is 5.91 Å². The van der Waals surface area contributed by atoms with Gasteiger partial charge in [-0.15, -0.1) is 11.3 Å². The Bertz CT molecular complexity index is 1380. The van der Waals surface area contributed by atoms with Crippen molar-refractivity contribution in [1.82, 2.24) is 5.32 Å². The molecule has 0 radical (unpaired) electrons. The molecule has 1 amide bonds. The molecule has 0 fully saturated rings. The van der Waals surface area contributed by atoms with Gasteiger partial charge in [-0.2, -0.15) is 13.2 Å². The van der Waals surface area contributed by atoms with Crippen molar-refractivity contribution in [2.75, 3.05) is 20.3 Å². The summed E-state index contributed by atoms with van der Waals surface area (Å²) in [7, 11) is 1.53. The summed E-state index contributed by atoms with van der Waals surface area (Å²) in [6.07, 6.45) is -4.05. The average Bonchev–Trinajstić information content (AvgIpc) is 3.13. The summed E-state index contributed by atoms with van der Waals surface area (Å²) in [6, 6.07) is 15.2. The van der Waals surface area contributed by atoms with Crippen molar-refractivity contribution in [1.29, 1.82) is 0 Å². The fraction of sp³-hybridized carbons (Fsp3) is 0.222. The van der Waals surface area contributed by atoms with Crippen molar-refractivity contribution in [3.05, 3.63) is 93.6 Å². The SMILES string of the molecule is COCCNC(=O)c1cc(F)cc(-c2cccc3c(C)c(Cc4cccc(C(F)(F)F)c4)sc23)c1. The average molecular weight is 502 g/mol. The molecule has 3 aromatic carbocycles. The first-order chi connectivity index (χ1) is 16.7. The van der Waals surface area contributed by atoms with Crippen molar-refractivity contribution in [3.8, 4) is 11.1 Å². The molecule has 4 aromatic rings. The van der Waals surface area contributed by atoms with Crippen LogP contribution in [0.2, 0.25) is 0 Å². The lowest BCUT2D eigenvalue weighted by Crippen LogP contribution is -2.27. The number of aryl methyl sites for hydroxylation is 1. The van der Waals surface area contributed by atoms with Crippen LogP contribution in [0.5, 0.6) is 0 Å². The minimum absolute atomic E-state index is 0.200. The van der Waals surface area contributed by atoms with E-state index < -0.39 is 23.5 Å². The maximum Gasteiger partial charge on any atom is 0.416 e. The predicted octanol–water partition coefficient (Wildman–Crippen LogP) is 7.00. The lowest BCUT2D eigenvalue weighted by atomic mass is 9.99. The minimum atomic E-state index is -4.40. The van der Waals surface area contributed by atoms with E-state index in [0.717, 1.165) is 32.2 Å². The van der Waals surface area contributed by atoms with Gasteiger partial charge in [0.05, 0.1) is 12.2 Å². The van der Waals surface area contributed by atoms with Crippen molar-refractivity contribution in [2.45, 2.75) is 19.5 Å². The zero-order chi connectivity index (χ0) is 25.2. The second-order valence-corrected chi connectivity index (χ2v) is 9.29. The Balaban J connectivity index is 1.71. The summed E-state index contributed by atoms with van der Waals surface area (Å²) in [5.41, 5.74) is 2.38. The number of halogens is 4. The summed E-state index contributed by atoms with van der Waals surface area (Å²) in [5, 5.41) is 3.64. The molecule has 0 saturated carbocycles. The van der Waals surface area contributed by atoms with Gasteiger partial charge < -0.3 is 10.1 Å². The maximum absolute atomic E-state index is 14.5. The van der Waals surface area contributed by atoms with E-state index in [1.165, 1.54) is 42.7 Å². The van der Waals surface area contributed by atoms with Crippen LogP contribution in [0.25, 0.3) is 21.2 Å². The number of alkyl halides is 3. The summed E-state index contributed by atoms with van der Waals surface area (Å²) >= 11 is 1.47. The quantitative estimate of drug-likeness (QED) is 0.219. The largest absolute Gasteiger partial charge is 0.416 e. The molecule has 4 rings (SSSR count). The van der Waals surface area contributed by atoms with Gasteiger partial charge in [0.15, 0.2) is 0 Å². The number of rotatable bonds is 7. The van der Waals surface area contributed by atoms with E-state index in [1.807, 2.05) is 25.1 Å². The molecular weight excluding hydrogens is 478 g/mol. The van der Waals surface area contributed by atoms with Crippen LogP contribution >= 0.6 is 11.3 Å². The fourth-order valence-electron chi connectivity index (χ4n) is 3.98. The van der Waals surface area contributed by atoms with Crippen LogP contribution in [0.15, 0.2) is 60.7 Å². The number of nitrogens with one attached hydrogen (secondary N) is 1. The molecule has 0 saturated heterocycles. The molecule has 1 N–H and O–H groups in total. The van der Waals surface area contributed by atoms with E-state index in [-0.39, 0.29) is 5.56 Å². The summed E-state index contributed by atoms with van der Waals surface area (Å²) < 4.78 is 59.7. The Hall–Kier alpha value is -3.23. The summed E-state index contributed by atoms with van der Waals surface area (Å²) in [6.45, 7) is 2.59. The van der Waals surface area contributed by atoms with E-state index in [9.17, 15) is 22.4 Å². The smallest absolute Gasteiger partial charge is 0.383 e. The number of amides is 1. The zero-order valence-corrected chi connectivity index (χ0v) is 19.9. The third-order valence-corrected chi connectivity index (χ3v) is 7.09. The standard InChI is InChI=1S/C27H23F4NO2S/c1-16-22-7-4-8-23(18-13-19(15-21(28)14-18)26(33)32-9-10-34-2)25(22)35-24(16)12-17-5-3-6-20(11-17)27(29,30)31/h3-8,11,13-15H,9-10,12H2,1-2H3,(H,32,33). The molecule has 1 heterocycles. The minimum Gasteiger partial charge on any atom is -0.383 e. The molecule has 35 heavy (non-hydrogen) atoms. The molecule has 0 aliphatic heterocycles. The maximum atomic E-state index is 14.5. The lowest BCUT2D eigenvalue weighted by molar-refractivity contribution is -0.137. The first kappa shape index (κ1) is 24.9. The normalized spacial score (nSPS) is 11.7. The molecule has 0 aliphatic rings.